The number of nitrogens with zero attached hydrogens (tertiary/aromatic N) is 1. The van der Waals surface area contributed by atoms with E-state index in [1.807, 2.05) is 24.3 Å². The number of halogens is 1. The van der Waals surface area contributed by atoms with Crippen LogP contribution in [0.1, 0.15) is 5.69 Å². The minimum Gasteiger partial charge on any atom is -0.321 e. The fourth-order valence-corrected chi connectivity index (χ4v) is 2.18. The Bertz CT molecular complexity index is 665. The smallest absolute Gasteiger partial charge is 0.0453 e. The van der Waals surface area contributed by atoms with Gasteiger partial charge >= 0.3 is 0 Å². The molecule has 2 heterocycles. The van der Waals surface area contributed by atoms with Crippen molar-refractivity contribution in [2.75, 3.05) is 0 Å². The third-order valence-corrected chi connectivity index (χ3v) is 3.28. The van der Waals surface area contributed by atoms with Gasteiger partial charge in [0.1, 0.15) is 0 Å². The van der Waals surface area contributed by atoms with E-state index in [4.69, 9.17) is 11.6 Å². The van der Waals surface area contributed by atoms with Gasteiger partial charge in [0.05, 0.1) is 0 Å². The van der Waals surface area contributed by atoms with Crippen LogP contribution >= 0.6 is 11.6 Å². The molecule has 0 saturated heterocycles. The molecule has 0 fully saturated rings. The molecule has 3 rings (SSSR count). The number of aromatic nitrogens is 1. The molecule has 0 spiro atoms. The molecule has 0 atom stereocenters. The normalized spacial score (nSPS) is 10.9. The van der Waals surface area contributed by atoms with Gasteiger partial charge in [-0.3, -0.25) is 0 Å². The molecule has 3 aromatic rings. The molecule has 0 aliphatic rings. The van der Waals surface area contributed by atoms with Crippen molar-refractivity contribution in [3.05, 3.63) is 65.4 Å². The van der Waals surface area contributed by atoms with Gasteiger partial charge in [-0.2, -0.15) is 0 Å². The van der Waals surface area contributed by atoms with Crippen molar-refractivity contribution >= 4 is 17.1 Å². The molecule has 0 aliphatic carbocycles. The highest BCUT2D eigenvalue weighted by Gasteiger charge is 2.01. The van der Waals surface area contributed by atoms with E-state index in [-0.39, 0.29) is 0 Å². The van der Waals surface area contributed by atoms with Crippen LogP contribution in [0.4, 0.5) is 0 Å². The van der Waals surface area contributed by atoms with Gasteiger partial charge in [0.2, 0.25) is 0 Å². The monoisotopic (exact) mass is 241 g/mol. The number of benzene rings is 1. The molecule has 0 N–H and O–H groups in total. The predicted molar refractivity (Wildman–Crippen MR) is 72.6 cm³/mol. The largest absolute Gasteiger partial charge is 0.321 e. The van der Waals surface area contributed by atoms with E-state index in [0.717, 1.165) is 5.02 Å². The summed E-state index contributed by atoms with van der Waals surface area (Å²) in [5, 5.41) is 0.770. The lowest BCUT2D eigenvalue weighted by molar-refractivity contribution is 1.11. The van der Waals surface area contributed by atoms with E-state index in [2.05, 4.69) is 41.8 Å². The first-order valence-electron chi connectivity index (χ1n) is 5.58. The van der Waals surface area contributed by atoms with Crippen LogP contribution in [0, 0.1) is 6.92 Å². The fraction of sp³-hybridized carbons (Fsp3) is 0.0667. The maximum absolute atomic E-state index is 5.90. The third-order valence-electron chi connectivity index (χ3n) is 3.03. The van der Waals surface area contributed by atoms with Gasteiger partial charge in [0.15, 0.2) is 0 Å². The van der Waals surface area contributed by atoms with Crippen molar-refractivity contribution in [3.8, 4) is 11.1 Å². The van der Waals surface area contributed by atoms with E-state index in [0.29, 0.717) is 0 Å². The number of hydrogen-bond donors (Lipinski definition) is 0. The Morgan fingerprint density at radius 3 is 2.24 bits per heavy atom. The Kier molecular flexibility index (Phi) is 2.41. The number of fused-ring (bicyclic) bond motifs is 1. The zero-order chi connectivity index (χ0) is 11.8. The second-order valence-corrected chi connectivity index (χ2v) is 4.63. The molecule has 1 aromatic carbocycles. The average molecular weight is 242 g/mol. The molecule has 0 aliphatic heterocycles. The second-order valence-electron chi connectivity index (χ2n) is 4.19. The molecule has 2 heteroatoms. The lowest BCUT2D eigenvalue weighted by Crippen LogP contribution is -1.88. The van der Waals surface area contributed by atoms with E-state index in [9.17, 15) is 0 Å². The summed E-state index contributed by atoms with van der Waals surface area (Å²) in [6.45, 7) is 2.11. The standard InChI is InChI=1S/C15H12ClN/c1-11-2-8-15-9-5-13(10-17(11)15)12-3-6-14(16)7-4-12/h2-10H,1H3. The van der Waals surface area contributed by atoms with Crippen LogP contribution in [0.25, 0.3) is 16.6 Å². The van der Waals surface area contributed by atoms with E-state index in [1.165, 1.54) is 22.3 Å². The van der Waals surface area contributed by atoms with Crippen LogP contribution in [0.2, 0.25) is 5.02 Å². The van der Waals surface area contributed by atoms with Crippen molar-refractivity contribution in [3.63, 3.8) is 0 Å². The molecule has 0 radical (unpaired) electrons. The minimum atomic E-state index is 0.770. The average Bonchev–Trinajstić information content (AvgIpc) is 2.72. The Hall–Kier alpha value is -1.73. The zero-order valence-electron chi connectivity index (χ0n) is 9.52. The molecule has 1 nitrogen and oxygen atoms in total. The molecule has 0 unspecified atom stereocenters. The summed E-state index contributed by atoms with van der Waals surface area (Å²) in [6, 6.07) is 16.5. The predicted octanol–water partition coefficient (Wildman–Crippen LogP) is 4.57. The van der Waals surface area contributed by atoms with Gasteiger partial charge in [-0.15, -0.1) is 0 Å². The van der Waals surface area contributed by atoms with E-state index in [1.54, 1.807) is 0 Å². The maximum atomic E-state index is 5.90. The Morgan fingerprint density at radius 1 is 0.824 bits per heavy atom. The van der Waals surface area contributed by atoms with Crippen molar-refractivity contribution in [1.29, 1.82) is 0 Å². The van der Waals surface area contributed by atoms with E-state index < -0.39 is 0 Å². The van der Waals surface area contributed by atoms with Gasteiger partial charge in [-0.05, 0) is 48.4 Å². The summed E-state index contributed by atoms with van der Waals surface area (Å²) >= 11 is 5.90. The number of hydrogen-bond acceptors (Lipinski definition) is 0. The molecule has 0 bridgehead atoms. The molecule has 2 aromatic heterocycles. The molecule has 17 heavy (non-hydrogen) atoms. The molecular formula is C15H12ClN. The SMILES string of the molecule is Cc1ccc2ccc(-c3ccc(Cl)cc3)cn12. The number of rotatable bonds is 1. The number of pyridine rings is 1. The summed E-state index contributed by atoms with van der Waals surface area (Å²) in [5.41, 5.74) is 4.86. The Labute approximate surface area is 105 Å². The molecule has 0 saturated carbocycles. The summed E-state index contributed by atoms with van der Waals surface area (Å²) in [5.74, 6) is 0. The van der Waals surface area contributed by atoms with Crippen molar-refractivity contribution < 1.29 is 0 Å². The highest BCUT2D eigenvalue weighted by molar-refractivity contribution is 6.30. The third kappa shape index (κ3) is 1.83. The van der Waals surface area contributed by atoms with Crippen LogP contribution in [0.3, 0.4) is 0 Å². The Morgan fingerprint density at radius 2 is 1.47 bits per heavy atom. The van der Waals surface area contributed by atoms with Crippen molar-refractivity contribution in [2.24, 2.45) is 0 Å². The fourth-order valence-electron chi connectivity index (χ4n) is 2.05. The summed E-state index contributed by atoms with van der Waals surface area (Å²) in [4.78, 5) is 0. The second kappa shape index (κ2) is 3.94. The first kappa shape index (κ1) is 10.4. The molecular weight excluding hydrogens is 230 g/mol. The quantitative estimate of drug-likeness (QED) is 0.588. The van der Waals surface area contributed by atoms with Crippen LogP contribution in [0.15, 0.2) is 54.7 Å². The van der Waals surface area contributed by atoms with Gasteiger partial charge in [0.25, 0.3) is 0 Å². The zero-order valence-corrected chi connectivity index (χ0v) is 10.3. The van der Waals surface area contributed by atoms with Crippen LogP contribution in [0.5, 0.6) is 0 Å². The van der Waals surface area contributed by atoms with Gasteiger partial charge in [-0.25, -0.2) is 0 Å². The van der Waals surface area contributed by atoms with Gasteiger partial charge in [0, 0.05) is 22.4 Å². The lowest BCUT2D eigenvalue weighted by Gasteiger charge is -2.05. The highest BCUT2D eigenvalue weighted by Crippen LogP contribution is 2.23. The summed E-state index contributed by atoms with van der Waals surface area (Å²) in [7, 11) is 0. The van der Waals surface area contributed by atoms with Crippen molar-refractivity contribution in [1.82, 2.24) is 4.40 Å². The van der Waals surface area contributed by atoms with Gasteiger partial charge < -0.3 is 4.40 Å². The topological polar surface area (TPSA) is 4.41 Å². The molecule has 84 valence electrons. The van der Waals surface area contributed by atoms with E-state index >= 15 is 0 Å². The van der Waals surface area contributed by atoms with Crippen LogP contribution in [-0.2, 0) is 0 Å². The van der Waals surface area contributed by atoms with Gasteiger partial charge in [-0.1, -0.05) is 29.8 Å². The summed E-state index contributed by atoms with van der Waals surface area (Å²) in [6.07, 6.45) is 2.16. The minimum absolute atomic E-state index is 0.770. The van der Waals surface area contributed by atoms with Crippen LogP contribution in [-0.4, -0.2) is 4.40 Å². The van der Waals surface area contributed by atoms with Crippen molar-refractivity contribution in [2.45, 2.75) is 6.92 Å². The maximum Gasteiger partial charge on any atom is 0.0453 e. The molecule has 0 amide bonds. The Balaban J connectivity index is 2.17. The summed E-state index contributed by atoms with van der Waals surface area (Å²) < 4.78 is 2.20. The lowest BCUT2D eigenvalue weighted by atomic mass is 10.1. The highest BCUT2D eigenvalue weighted by atomic mass is 35.5. The first-order chi connectivity index (χ1) is 8.24. The van der Waals surface area contributed by atoms with Crippen LogP contribution < -0.4 is 0 Å². The number of aryl methyl sites for hydroxylation is 1. The first-order valence-corrected chi connectivity index (χ1v) is 5.95.